The lowest BCUT2D eigenvalue weighted by Crippen LogP contribution is -2.46. The van der Waals surface area contributed by atoms with Crippen LogP contribution in [0, 0.1) is 18.6 Å². The first-order chi connectivity index (χ1) is 20.6. The number of likely N-dealkylation sites (tertiary alicyclic amines) is 1. The van der Waals surface area contributed by atoms with Gasteiger partial charge in [-0.2, -0.15) is 0 Å². The molecule has 3 aromatic rings. The summed E-state index contributed by atoms with van der Waals surface area (Å²) in [6.45, 7) is 4.70. The largest absolute Gasteiger partial charge is 0.388 e. The second kappa shape index (κ2) is 11.7. The Kier molecular flexibility index (Phi) is 7.96. The predicted molar refractivity (Wildman–Crippen MR) is 163 cm³/mol. The summed E-state index contributed by atoms with van der Waals surface area (Å²) in [6.07, 6.45) is 6.42. The Bertz CT molecular complexity index is 1610. The molecule has 1 saturated heterocycles. The first kappa shape index (κ1) is 29.3. The molecule has 1 aromatic heterocycles. The molecule has 0 bridgehead atoms. The van der Waals surface area contributed by atoms with Gasteiger partial charge in [-0.1, -0.05) is 24.3 Å². The Morgan fingerprint density at radius 3 is 2.60 bits per heavy atom. The van der Waals surface area contributed by atoms with Crippen molar-refractivity contribution in [3.63, 3.8) is 0 Å². The topological polar surface area (TPSA) is 88.7 Å². The minimum atomic E-state index is -0.957. The number of nitrogens with zero attached hydrogens (tertiary/aromatic N) is 2. The molecule has 2 aromatic carbocycles. The monoisotopic (exact) mass is 588 g/mol. The molecule has 0 saturated carbocycles. The van der Waals surface area contributed by atoms with E-state index in [0.717, 1.165) is 60.9 Å². The van der Waals surface area contributed by atoms with Gasteiger partial charge >= 0.3 is 0 Å². The highest BCUT2D eigenvalue weighted by Gasteiger charge is 2.34. The Morgan fingerprint density at radius 2 is 1.77 bits per heavy atom. The standard InChI is InChI=1S/C34H38F2N4O3/c1-21-22-12-13-30(41)40(20-34(43)14-6-16-39(2)18-15-34)17-5-11-27(22)37-29(21)19-25-31-23(7-4-10-28(31)38-33(25)42)24-8-3-9-26(35)32(24)36/h3-4,7-10,19,37,43H,5-6,11-18,20H2,1-2H3,(H,38,42)/b25-19-. The number of β-amino-alcohol motifs (C(OH)–C–C–N with tert-alkyl or cyclic N) is 1. The number of hydrogen-bond donors (Lipinski definition) is 3. The number of benzene rings is 2. The maximum absolute atomic E-state index is 14.8. The van der Waals surface area contributed by atoms with Crippen molar-refractivity contribution in [2.45, 2.75) is 57.5 Å². The van der Waals surface area contributed by atoms with Crippen LogP contribution in [-0.2, 0) is 22.4 Å². The van der Waals surface area contributed by atoms with Crippen molar-refractivity contribution in [3.8, 4) is 11.1 Å². The fraction of sp³-hybridized carbons (Fsp3) is 0.412. The fourth-order valence-electron chi connectivity index (χ4n) is 6.84. The highest BCUT2D eigenvalue weighted by atomic mass is 19.2. The SMILES string of the molecule is Cc1c(/C=C2\C(=O)Nc3cccc(-c4cccc(F)c4F)c32)[nH]c2c1CCC(=O)N(CC1(O)CCCN(C)CC1)CCC2. The van der Waals surface area contributed by atoms with E-state index >= 15 is 0 Å². The zero-order valence-electron chi connectivity index (χ0n) is 24.7. The molecule has 43 heavy (non-hydrogen) atoms. The van der Waals surface area contributed by atoms with Crippen molar-refractivity contribution >= 4 is 29.2 Å². The Morgan fingerprint density at radius 1 is 0.977 bits per heavy atom. The molecule has 1 unspecified atom stereocenters. The number of amides is 2. The van der Waals surface area contributed by atoms with Gasteiger partial charge in [0.2, 0.25) is 5.91 Å². The average molecular weight is 589 g/mol. The minimum absolute atomic E-state index is 0.0465. The fourth-order valence-corrected chi connectivity index (χ4v) is 6.84. The number of halogens is 2. The van der Waals surface area contributed by atoms with E-state index in [1.807, 2.05) is 11.8 Å². The molecule has 3 N–H and O–H groups in total. The lowest BCUT2D eigenvalue weighted by molar-refractivity contribution is -0.135. The Hall–Kier alpha value is -3.82. The predicted octanol–water partition coefficient (Wildman–Crippen LogP) is 5.32. The molecule has 1 atom stereocenters. The molecule has 6 rings (SSSR count). The molecule has 226 valence electrons. The first-order valence-corrected chi connectivity index (χ1v) is 15.1. The van der Waals surface area contributed by atoms with E-state index in [9.17, 15) is 23.5 Å². The van der Waals surface area contributed by atoms with Crippen LogP contribution in [0.3, 0.4) is 0 Å². The van der Waals surface area contributed by atoms with Crippen molar-refractivity contribution in [3.05, 3.63) is 76.1 Å². The summed E-state index contributed by atoms with van der Waals surface area (Å²) in [5.74, 6) is -2.17. The number of hydrogen-bond acceptors (Lipinski definition) is 4. The van der Waals surface area contributed by atoms with E-state index in [-0.39, 0.29) is 17.4 Å². The van der Waals surface area contributed by atoms with Gasteiger partial charge in [0.15, 0.2) is 11.6 Å². The maximum Gasteiger partial charge on any atom is 0.256 e. The third kappa shape index (κ3) is 5.76. The quantitative estimate of drug-likeness (QED) is 0.361. The average Bonchev–Trinajstić information content (AvgIpc) is 3.41. The zero-order valence-corrected chi connectivity index (χ0v) is 24.7. The summed E-state index contributed by atoms with van der Waals surface area (Å²) in [5.41, 5.74) is 4.95. The summed E-state index contributed by atoms with van der Waals surface area (Å²) < 4.78 is 28.9. The lowest BCUT2D eigenvalue weighted by atomic mass is 9.93. The van der Waals surface area contributed by atoms with Crippen LogP contribution in [0.1, 0.15) is 60.2 Å². The van der Waals surface area contributed by atoms with Crippen LogP contribution in [0.5, 0.6) is 0 Å². The van der Waals surface area contributed by atoms with Gasteiger partial charge in [-0.25, -0.2) is 8.78 Å². The second-order valence-corrected chi connectivity index (χ2v) is 12.3. The molecule has 2 amide bonds. The number of carbonyl (C=O) groups excluding carboxylic acids is 2. The van der Waals surface area contributed by atoms with Crippen molar-refractivity contribution in [1.29, 1.82) is 0 Å². The zero-order chi connectivity index (χ0) is 30.3. The Labute approximate surface area is 250 Å². The van der Waals surface area contributed by atoms with Crippen molar-refractivity contribution in [2.75, 3.05) is 38.5 Å². The van der Waals surface area contributed by atoms with Gasteiger partial charge in [0, 0.05) is 54.3 Å². The van der Waals surface area contributed by atoms with Crippen molar-refractivity contribution in [2.24, 2.45) is 0 Å². The number of H-pyrrole nitrogens is 1. The van der Waals surface area contributed by atoms with E-state index in [1.165, 1.54) is 12.1 Å². The molecule has 9 heteroatoms. The Balaban J connectivity index is 1.27. The van der Waals surface area contributed by atoms with Gasteiger partial charge in [0.25, 0.3) is 5.91 Å². The highest BCUT2D eigenvalue weighted by Crippen LogP contribution is 2.42. The number of nitrogens with one attached hydrogen (secondary N) is 2. The van der Waals surface area contributed by atoms with Crippen LogP contribution < -0.4 is 5.32 Å². The van der Waals surface area contributed by atoms with Crippen LogP contribution in [0.4, 0.5) is 14.5 Å². The number of carbonyl (C=O) groups is 2. The van der Waals surface area contributed by atoms with Crippen LogP contribution in [0.15, 0.2) is 36.4 Å². The van der Waals surface area contributed by atoms with E-state index in [0.29, 0.717) is 61.2 Å². The molecule has 7 nitrogen and oxygen atoms in total. The summed E-state index contributed by atoms with van der Waals surface area (Å²) in [6, 6.07) is 9.19. The van der Waals surface area contributed by atoms with Gasteiger partial charge < -0.3 is 25.2 Å². The summed E-state index contributed by atoms with van der Waals surface area (Å²) in [5, 5.41) is 14.2. The smallest absolute Gasteiger partial charge is 0.256 e. The first-order valence-electron chi connectivity index (χ1n) is 15.1. The number of aromatic nitrogens is 1. The third-order valence-corrected chi connectivity index (χ3v) is 9.29. The molecule has 0 radical (unpaired) electrons. The van der Waals surface area contributed by atoms with Gasteiger partial charge in [0.1, 0.15) is 0 Å². The van der Waals surface area contributed by atoms with E-state index in [1.54, 1.807) is 24.3 Å². The number of aryl methyl sites for hydroxylation is 1. The van der Waals surface area contributed by atoms with Crippen molar-refractivity contribution in [1.82, 2.24) is 14.8 Å². The van der Waals surface area contributed by atoms with Gasteiger partial charge in [-0.15, -0.1) is 0 Å². The van der Waals surface area contributed by atoms with Crippen LogP contribution in [-0.4, -0.2) is 70.5 Å². The van der Waals surface area contributed by atoms with Crippen LogP contribution in [0.2, 0.25) is 0 Å². The molecular formula is C34H38F2N4O3. The van der Waals surface area contributed by atoms with E-state index < -0.39 is 17.2 Å². The van der Waals surface area contributed by atoms with Gasteiger partial charge in [-0.05, 0) is 93.9 Å². The molecule has 3 aliphatic heterocycles. The number of anilines is 1. The minimum Gasteiger partial charge on any atom is -0.388 e. The van der Waals surface area contributed by atoms with E-state index in [2.05, 4.69) is 22.2 Å². The van der Waals surface area contributed by atoms with Crippen molar-refractivity contribution < 1.29 is 23.5 Å². The highest BCUT2D eigenvalue weighted by molar-refractivity contribution is 6.36. The van der Waals surface area contributed by atoms with Gasteiger partial charge in [0.05, 0.1) is 11.2 Å². The maximum atomic E-state index is 14.8. The normalized spacial score (nSPS) is 22.4. The number of aromatic amines is 1. The third-order valence-electron chi connectivity index (χ3n) is 9.29. The molecule has 4 heterocycles. The molecule has 0 aliphatic carbocycles. The van der Waals surface area contributed by atoms with Crippen LogP contribution in [0.25, 0.3) is 22.8 Å². The molecule has 1 fully saturated rings. The molecule has 0 spiro atoms. The lowest BCUT2D eigenvalue weighted by Gasteiger charge is -2.34. The van der Waals surface area contributed by atoms with E-state index in [4.69, 9.17) is 0 Å². The summed E-state index contributed by atoms with van der Waals surface area (Å²) in [7, 11) is 2.07. The molecular weight excluding hydrogens is 550 g/mol. The van der Waals surface area contributed by atoms with Crippen LogP contribution >= 0.6 is 0 Å². The molecule has 3 aliphatic rings. The number of fused-ring (bicyclic) bond motifs is 2. The number of aliphatic hydroxyl groups is 1. The second-order valence-electron chi connectivity index (χ2n) is 12.3. The summed E-state index contributed by atoms with van der Waals surface area (Å²) in [4.78, 5) is 34.1. The van der Waals surface area contributed by atoms with Gasteiger partial charge in [-0.3, -0.25) is 9.59 Å². The number of rotatable bonds is 4. The summed E-state index contributed by atoms with van der Waals surface area (Å²) >= 11 is 0.